The maximum absolute atomic E-state index is 14.2. The first-order valence-corrected chi connectivity index (χ1v) is 6.45. The van der Waals surface area contributed by atoms with Crippen LogP contribution < -0.4 is 16.0 Å². The van der Waals surface area contributed by atoms with E-state index in [-0.39, 0.29) is 17.8 Å². The first-order chi connectivity index (χ1) is 8.84. The fourth-order valence-electron chi connectivity index (χ4n) is 2.35. The van der Waals surface area contributed by atoms with Crippen LogP contribution in [0.1, 0.15) is 32.4 Å². The van der Waals surface area contributed by atoms with Crippen molar-refractivity contribution in [1.82, 2.24) is 5.32 Å². The summed E-state index contributed by atoms with van der Waals surface area (Å²) in [5, 5.41) is 2.80. The first-order valence-electron chi connectivity index (χ1n) is 6.45. The highest BCUT2D eigenvalue weighted by molar-refractivity contribution is 5.90. The van der Waals surface area contributed by atoms with Gasteiger partial charge in [0.25, 0.3) is 0 Å². The van der Waals surface area contributed by atoms with Crippen molar-refractivity contribution in [3.05, 3.63) is 29.6 Å². The molecule has 0 radical (unpaired) electrons. The summed E-state index contributed by atoms with van der Waals surface area (Å²) in [5.41, 5.74) is 6.19. The highest BCUT2D eigenvalue weighted by atomic mass is 19.1. The van der Waals surface area contributed by atoms with E-state index >= 15 is 0 Å². The van der Waals surface area contributed by atoms with Crippen LogP contribution in [0.25, 0.3) is 0 Å². The zero-order valence-corrected chi connectivity index (χ0v) is 11.5. The minimum atomic E-state index is -0.755. The minimum absolute atomic E-state index is 0.0885. The third-order valence-electron chi connectivity index (χ3n) is 3.64. The van der Waals surface area contributed by atoms with Crippen molar-refractivity contribution < 1.29 is 9.18 Å². The summed E-state index contributed by atoms with van der Waals surface area (Å²) in [6.45, 7) is 6.51. The Morgan fingerprint density at radius 1 is 1.47 bits per heavy atom. The lowest BCUT2D eigenvalue weighted by molar-refractivity contribution is -0.126. The van der Waals surface area contributed by atoms with E-state index in [1.165, 1.54) is 6.07 Å². The number of benzene rings is 1. The quantitative estimate of drug-likeness (QED) is 0.853. The molecule has 1 atom stereocenters. The Labute approximate surface area is 112 Å². The lowest BCUT2D eigenvalue weighted by atomic mass is 9.97. The summed E-state index contributed by atoms with van der Waals surface area (Å²) in [6, 6.07) is 4.75. The lowest BCUT2D eigenvalue weighted by Gasteiger charge is -2.43. The molecule has 2 rings (SSSR count). The number of halogens is 1. The van der Waals surface area contributed by atoms with Crippen LogP contribution in [0.3, 0.4) is 0 Å². The van der Waals surface area contributed by atoms with E-state index < -0.39 is 5.54 Å². The summed E-state index contributed by atoms with van der Waals surface area (Å²) in [7, 11) is 0. The number of nitrogens with two attached hydrogens (primary N) is 1. The van der Waals surface area contributed by atoms with Crippen molar-refractivity contribution >= 4 is 11.6 Å². The van der Waals surface area contributed by atoms with Crippen molar-refractivity contribution in [3.8, 4) is 0 Å². The van der Waals surface area contributed by atoms with Gasteiger partial charge in [0.1, 0.15) is 11.4 Å². The number of hydrogen-bond donors (Lipinski definition) is 2. The van der Waals surface area contributed by atoms with Gasteiger partial charge in [-0.3, -0.25) is 4.79 Å². The summed E-state index contributed by atoms with van der Waals surface area (Å²) < 4.78 is 14.2. The van der Waals surface area contributed by atoms with Gasteiger partial charge in [0.15, 0.2) is 0 Å². The Balaban J connectivity index is 2.38. The van der Waals surface area contributed by atoms with E-state index in [1.807, 2.05) is 13.0 Å². The van der Waals surface area contributed by atoms with Gasteiger partial charge in [0.2, 0.25) is 5.91 Å². The molecule has 0 bridgehead atoms. The van der Waals surface area contributed by atoms with Crippen LogP contribution in [0.5, 0.6) is 0 Å². The number of nitrogens with zero attached hydrogens (tertiary/aromatic N) is 1. The van der Waals surface area contributed by atoms with Crippen molar-refractivity contribution in [2.45, 2.75) is 32.4 Å². The highest BCUT2D eigenvalue weighted by Crippen LogP contribution is 2.29. The number of anilines is 1. The number of rotatable bonds is 2. The second kappa shape index (κ2) is 4.81. The summed E-state index contributed by atoms with van der Waals surface area (Å²) >= 11 is 0. The normalized spacial score (nSPS) is 20.1. The average molecular weight is 265 g/mol. The molecule has 0 spiro atoms. The molecule has 1 amide bonds. The fraction of sp³-hybridized carbons (Fsp3) is 0.500. The van der Waals surface area contributed by atoms with E-state index in [0.717, 1.165) is 5.56 Å². The Morgan fingerprint density at radius 3 is 2.74 bits per heavy atom. The average Bonchev–Trinajstić information content (AvgIpc) is 2.33. The van der Waals surface area contributed by atoms with Gasteiger partial charge in [0, 0.05) is 19.1 Å². The smallest absolute Gasteiger partial charge is 0.245 e. The Morgan fingerprint density at radius 2 is 2.16 bits per heavy atom. The largest absolute Gasteiger partial charge is 0.353 e. The predicted octanol–water partition coefficient (Wildman–Crippen LogP) is 1.56. The maximum atomic E-state index is 14.2. The molecule has 0 aromatic heterocycles. The van der Waals surface area contributed by atoms with Crippen LogP contribution >= 0.6 is 0 Å². The molecule has 1 aromatic rings. The monoisotopic (exact) mass is 265 g/mol. The molecule has 1 heterocycles. The van der Waals surface area contributed by atoms with Gasteiger partial charge in [-0.1, -0.05) is 6.07 Å². The maximum Gasteiger partial charge on any atom is 0.245 e. The number of carbonyl (C=O) groups excluding carboxylic acids is 1. The Kier molecular flexibility index (Phi) is 3.49. The molecule has 5 heteroatoms. The van der Waals surface area contributed by atoms with Crippen molar-refractivity contribution in [1.29, 1.82) is 0 Å². The highest BCUT2D eigenvalue weighted by Gasteiger charge is 2.38. The molecule has 0 unspecified atom stereocenters. The Bertz CT molecular complexity index is 499. The zero-order valence-electron chi connectivity index (χ0n) is 11.5. The van der Waals surface area contributed by atoms with Crippen LogP contribution in [0.15, 0.2) is 18.2 Å². The zero-order chi connectivity index (χ0) is 14.2. The second-order valence-corrected chi connectivity index (χ2v) is 5.47. The van der Waals surface area contributed by atoms with Crippen molar-refractivity contribution in [2.24, 2.45) is 5.73 Å². The number of hydrogen-bond acceptors (Lipinski definition) is 3. The fourth-order valence-corrected chi connectivity index (χ4v) is 2.35. The van der Waals surface area contributed by atoms with E-state index in [9.17, 15) is 9.18 Å². The van der Waals surface area contributed by atoms with E-state index in [4.69, 9.17) is 5.73 Å². The van der Waals surface area contributed by atoms with Gasteiger partial charge in [-0.05, 0) is 38.5 Å². The third-order valence-corrected chi connectivity index (χ3v) is 3.64. The van der Waals surface area contributed by atoms with Gasteiger partial charge >= 0.3 is 0 Å². The molecule has 1 fully saturated rings. The number of amides is 1. The Hall–Kier alpha value is -1.62. The summed E-state index contributed by atoms with van der Waals surface area (Å²) in [5.74, 6) is -0.424. The predicted molar refractivity (Wildman–Crippen MR) is 73.4 cm³/mol. The molecule has 0 saturated carbocycles. The minimum Gasteiger partial charge on any atom is -0.353 e. The molecule has 4 nitrogen and oxygen atoms in total. The molecule has 1 aliphatic heterocycles. The van der Waals surface area contributed by atoms with Crippen LogP contribution in [-0.2, 0) is 4.79 Å². The topological polar surface area (TPSA) is 58.4 Å². The van der Waals surface area contributed by atoms with Gasteiger partial charge in [-0.25, -0.2) is 4.39 Å². The van der Waals surface area contributed by atoms with Gasteiger partial charge < -0.3 is 16.0 Å². The molecular weight excluding hydrogens is 245 g/mol. The molecule has 104 valence electrons. The number of nitrogens with one attached hydrogen (secondary N) is 1. The third kappa shape index (κ3) is 2.42. The van der Waals surface area contributed by atoms with Gasteiger partial charge in [-0.2, -0.15) is 0 Å². The summed E-state index contributed by atoms with van der Waals surface area (Å²) in [6.07, 6.45) is 0. The van der Waals surface area contributed by atoms with E-state index in [2.05, 4.69) is 5.32 Å². The number of piperazine rings is 1. The molecule has 19 heavy (non-hydrogen) atoms. The first kappa shape index (κ1) is 13.8. The molecule has 0 aliphatic carbocycles. The van der Waals surface area contributed by atoms with Crippen LogP contribution in [-0.4, -0.2) is 24.5 Å². The summed E-state index contributed by atoms with van der Waals surface area (Å²) in [4.78, 5) is 13.7. The molecule has 1 saturated heterocycles. The SMILES string of the molecule is C[C@H](N)c1ccc(N2CCNC(=O)C2(C)C)c(F)c1. The molecule has 3 N–H and O–H groups in total. The molecular formula is C14H20FN3O. The standard InChI is InChI=1S/C14H20FN3O/c1-9(16)10-4-5-12(11(15)8-10)18-7-6-17-13(19)14(18,2)3/h4-5,8-9H,6-7,16H2,1-3H3,(H,17,19)/t9-/m0/s1. The van der Waals surface area contributed by atoms with Crippen molar-refractivity contribution in [3.63, 3.8) is 0 Å². The lowest BCUT2D eigenvalue weighted by Crippen LogP contribution is -2.62. The molecule has 1 aromatic carbocycles. The van der Waals surface area contributed by atoms with Crippen molar-refractivity contribution in [2.75, 3.05) is 18.0 Å². The van der Waals surface area contributed by atoms with Crippen LogP contribution in [0.2, 0.25) is 0 Å². The van der Waals surface area contributed by atoms with Gasteiger partial charge in [-0.15, -0.1) is 0 Å². The van der Waals surface area contributed by atoms with E-state index in [1.54, 1.807) is 24.8 Å². The van der Waals surface area contributed by atoms with Crippen LogP contribution in [0.4, 0.5) is 10.1 Å². The number of carbonyl (C=O) groups is 1. The second-order valence-electron chi connectivity index (χ2n) is 5.47. The van der Waals surface area contributed by atoms with Gasteiger partial charge in [0.05, 0.1) is 5.69 Å². The molecule has 1 aliphatic rings. The van der Waals surface area contributed by atoms with E-state index in [0.29, 0.717) is 18.8 Å². The van der Waals surface area contributed by atoms with Crippen LogP contribution in [0, 0.1) is 5.82 Å².